The Labute approximate surface area is 173 Å². The monoisotopic (exact) mass is 413 g/mol. The summed E-state index contributed by atoms with van der Waals surface area (Å²) in [6.45, 7) is 1.15. The van der Waals surface area contributed by atoms with E-state index in [0.29, 0.717) is 29.1 Å². The molecule has 1 aromatic heterocycles. The fourth-order valence-electron chi connectivity index (χ4n) is 4.08. The van der Waals surface area contributed by atoms with Gasteiger partial charge >= 0.3 is 0 Å². The molecule has 3 N–H and O–H groups in total. The third-order valence-electron chi connectivity index (χ3n) is 5.61. The summed E-state index contributed by atoms with van der Waals surface area (Å²) in [6.07, 6.45) is -0.173. The number of aromatic hydroxyl groups is 2. The number of halogens is 1. The van der Waals surface area contributed by atoms with Crippen molar-refractivity contribution in [1.29, 1.82) is 0 Å². The van der Waals surface area contributed by atoms with Gasteiger partial charge in [-0.15, -0.1) is 0 Å². The van der Waals surface area contributed by atoms with Crippen LogP contribution < -0.4 is 10.9 Å². The lowest BCUT2D eigenvalue weighted by molar-refractivity contribution is 0.0631. The number of piperidine rings is 1. The van der Waals surface area contributed by atoms with Crippen LogP contribution in [-0.4, -0.2) is 54.3 Å². The molecule has 6 nitrogen and oxygen atoms in total. The summed E-state index contributed by atoms with van der Waals surface area (Å²) in [7, 11) is 3.76. The Morgan fingerprint density at radius 2 is 2.00 bits per heavy atom. The molecule has 8 heteroatoms. The summed E-state index contributed by atoms with van der Waals surface area (Å²) in [5, 5.41) is 32.0. The Kier molecular flexibility index (Phi) is 5.06. The summed E-state index contributed by atoms with van der Waals surface area (Å²) in [4.78, 5) is 14.8. The van der Waals surface area contributed by atoms with Gasteiger partial charge in [0.2, 0.25) is 0 Å². The Bertz CT molecular complexity index is 1160. The van der Waals surface area contributed by atoms with Crippen LogP contribution in [-0.2, 0) is 0 Å². The minimum Gasteiger partial charge on any atom is -0.507 e. The average Bonchev–Trinajstić information content (AvgIpc) is 2.64. The highest BCUT2D eigenvalue weighted by atomic mass is 35.5. The molecule has 0 bridgehead atoms. The first kappa shape index (κ1) is 19.8. The molecule has 0 saturated carbocycles. The molecule has 0 unspecified atom stereocenters. The van der Waals surface area contributed by atoms with Gasteiger partial charge in [-0.05, 0) is 26.1 Å². The maximum Gasteiger partial charge on any atom is 0.197 e. The molecule has 1 fully saturated rings. The summed E-state index contributed by atoms with van der Waals surface area (Å²) < 4.78 is 6.06. The number of hydrogen-bond donors (Lipinski definition) is 3. The number of likely N-dealkylation sites (N-methyl/N-ethyl adjacent to an activating group) is 1. The second-order valence-electron chi connectivity index (χ2n) is 7.67. The Morgan fingerprint density at radius 1 is 1.24 bits per heavy atom. The molecule has 1 aliphatic heterocycles. The van der Waals surface area contributed by atoms with Gasteiger partial charge in [-0.25, -0.2) is 0 Å². The highest BCUT2D eigenvalue weighted by Crippen LogP contribution is 2.42. The molecule has 2 atom stereocenters. The van der Waals surface area contributed by atoms with Gasteiger partial charge in [0, 0.05) is 40.7 Å². The number of nitrogens with zero attached hydrogens (tertiary/aromatic N) is 1. The zero-order chi connectivity index (χ0) is 20.9. The third kappa shape index (κ3) is 3.39. The largest absolute Gasteiger partial charge is 0.507 e. The number of aliphatic hydroxyl groups excluding tert-OH is 1. The van der Waals surface area contributed by atoms with Crippen LogP contribution in [0.3, 0.4) is 0 Å². The molecule has 150 valence electrons. The molecule has 0 amide bonds. The smallest absolute Gasteiger partial charge is 0.197 e. The van der Waals surface area contributed by atoms with Crippen LogP contribution >= 0.6 is 11.6 Å². The first-order chi connectivity index (χ1) is 13.8. The minimum atomic E-state index is -0.746. The van der Waals surface area contributed by atoms with E-state index in [1.165, 1.54) is 6.07 Å². The molecule has 2 aromatic carbocycles. The molecular formula is C21H21BClNO5. The maximum absolute atomic E-state index is 12.9. The van der Waals surface area contributed by atoms with Crippen molar-refractivity contribution in [3.63, 3.8) is 0 Å². The Morgan fingerprint density at radius 3 is 2.72 bits per heavy atom. The SMILES string of the molecule is Bc1cccc(-c2cc(=O)c3c(O)cc(O)c([C@H]4CCN(C)C[C@H]4O)c3o2)c1Cl. The summed E-state index contributed by atoms with van der Waals surface area (Å²) in [5.41, 5.74) is 1.34. The highest BCUT2D eigenvalue weighted by Gasteiger charge is 2.33. The molecule has 3 aromatic rings. The lowest BCUT2D eigenvalue weighted by atomic mass is 9.85. The van der Waals surface area contributed by atoms with E-state index < -0.39 is 17.5 Å². The van der Waals surface area contributed by atoms with E-state index in [-0.39, 0.29) is 28.2 Å². The number of likely N-dealkylation sites (tertiary alicyclic amines) is 1. The molecule has 1 saturated heterocycles. The van der Waals surface area contributed by atoms with Crippen molar-refractivity contribution in [2.75, 3.05) is 20.1 Å². The number of β-amino-alcohol motifs (C(OH)–C–C–N with tert-alkyl or cyclic N) is 1. The zero-order valence-corrected chi connectivity index (χ0v) is 16.9. The normalized spacial score (nSPS) is 20.2. The van der Waals surface area contributed by atoms with Crippen LogP contribution in [0.25, 0.3) is 22.3 Å². The van der Waals surface area contributed by atoms with E-state index in [4.69, 9.17) is 16.0 Å². The quantitative estimate of drug-likeness (QED) is 0.552. The van der Waals surface area contributed by atoms with Gasteiger partial charge in [-0.3, -0.25) is 4.79 Å². The van der Waals surface area contributed by atoms with Crippen molar-refractivity contribution in [3.8, 4) is 22.8 Å². The van der Waals surface area contributed by atoms with E-state index in [9.17, 15) is 20.1 Å². The molecule has 0 spiro atoms. The van der Waals surface area contributed by atoms with Crippen molar-refractivity contribution in [3.05, 3.63) is 51.1 Å². The second-order valence-corrected chi connectivity index (χ2v) is 8.05. The molecule has 0 aliphatic carbocycles. The zero-order valence-electron chi connectivity index (χ0n) is 16.1. The van der Waals surface area contributed by atoms with E-state index in [1.807, 2.05) is 31.9 Å². The van der Waals surface area contributed by atoms with Crippen LogP contribution in [0.2, 0.25) is 5.02 Å². The topological polar surface area (TPSA) is 94.1 Å². The van der Waals surface area contributed by atoms with Crippen LogP contribution in [0, 0.1) is 0 Å². The standard InChI is InChI=1S/C21H21BClNO5/c1-24-6-5-10(16(28)9-24)18-13(25)7-14(26)19-15(27)8-17(29-21(18)19)11-3-2-4-12(22)20(11)23/h2-4,7-8,10,16,25-26,28H,5-6,9,22H2,1H3/t10-,16+/m0/s1. The lowest BCUT2D eigenvalue weighted by Gasteiger charge is -2.34. The van der Waals surface area contributed by atoms with E-state index in [2.05, 4.69) is 0 Å². The van der Waals surface area contributed by atoms with Crippen molar-refractivity contribution >= 4 is 35.9 Å². The van der Waals surface area contributed by atoms with Gasteiger partial charge in [0.25, 0.3) is 0 Å². The first-order valence-electron chi connectivity index (χ1n) is 9.42. The van der Waals surface area contributed by atoms with Gasteiger partial charge in [0.15, 0.2) is 5.43 Å². The predicted octanol–water partition coefficient (Wildman–Crippen LogP) is 1.56. The fourth-order valence-corrected chi connectivity index (χ4v) is 4.30. The highest BCUT2D eigenvalue weighted by molar-refractivity contribution is 6.46. The van der Waals surface area contributed by atoms with Gasteiger partial charge in [0.1, 0.15) is 36.1 Å². The fraction of sp³-hybridized carbons (Fsp3) is 0.286. The van der Waals surface area contributed by atoms with Gasteiger partial charge in [-0.2, -0.15) is 0 Å². The lowest BCUT2D eigenvalue weighted by Crippen LogP contribution is -2.40. The van der Waals surface area contributed by atoms with E-state index in [1.54, 1.807) is 6.07 Å². The average molecular weight is 414 g/mol. The number of phenols is 2. The van der Waals surface area contributed by atoms with Gasteiger partial charge < -0.3 is 24.6 Å². The number of hydrogen-bond acceptors (Lipinski definition) is 6. The number of phenolic OH excluding ortho intramolecular Hbond substituents is 2. The summed E-state index contributed by atoms with van der Waals surface area (Å²) in [5.74, 6) is -0.760. The predicted molar refractivity (Wildman–Crippen MR) is 115 cm³/mol. The third-order valence-corrected chi connectivity index (χ3v) is 6.11. The van der Waals surface area contributed by atoms with Crippen LogP contribution in [0.5, 0.6) is 11.5 Å². The molecule has 29 heavy (non-hydrogen) atoms. The summed E-state index contributed by atoms with van der Waals surface area (Å²) in [6, 6.07) is 7.82. The molecule has 4 rings (SSSR count). The summed E-state index contributed by atoms with van der Waals surface area (Å²) >= 11 is 6.42. The second kappa shape index (κ2) is 7.41. The molecular weight excluding hydrogens is 392 g/mol. The number of benzene rings is 2. The molecule has 0 radical (unpaired) electrons. The number of rotatable bonds is 2. The van der Waals surface area contributed by atoms with Gasteiger partial charge in [0.05, 0.1) is 6.10 Å². The van der Waals surface area contributed by atoms with Crippen molar-refractivity contribution < 1.29 is 19.7 Å². The minimum absolute atomic E-state index is 0.0172. The van der Waals surface area contributed by atoms with Crippen molar-refractivity contribution in [2.24, 2.45) is 0 Å². The van der Waals surface area contributed by atoms with Crippen LogP contribution in [0.1, 0.15) is 17.9 Å². The maximum atomic E-state index is 12.9. The van der Waals surface area contributed by atoms with E-state index in [0.717, 1.165) is 18.1 Å². The van der Waals surface area contributed by atoms with E-state index >= 15 is 0 Å². The first-order valence-corrected chi connectivity index (χ1v) is 9.80. The number of aliphatic hydroxyl groups is 1. The van der Waals surface area contributed by atoms with Crippen molar-refractivity contribution in [2.45, 2.75) is 18.4 Å². The molecule has 1 aliphatic rings. The number of fused-ring (bicyclic) bond motifs is 1. The Balaban J connectivity index is 2.00. The van der Waals surface area contributed by atoms with Crippen molar-refractivity contribution in [1.82, 2.24) is 4.90 Å². The van der Waals surface area contributed by atoms with Gasteiger partial charge in [-0.1, -0.05) is 29.2 Å². The molecule has 2 heterocycles. The van der Waals surface area contributed by atoms with Crippen LogP contribution in [0.4, 0.5) is 0 Å². The van der Waals surface area contributed by atoms with Crippen LogP contribution in [0.15, 0.2) is 39.5 Å². The Hall–Kier alpha value is -2.48.